The molecule has 8 heavy (non-hydrogen) atoms. The van der Waals surface area contributed by atoms with Crippen molar-refractivity contribution < 1.29 is 37.5 Å². The molecule has 0 saturated carbocycles. The molecule has 43 valence electrons. The van der Waals surface area contributed by atoms with E-state index < -0.39 is 5.91 Å². The van der Waals surface area contributed by atoms with Crippen LogP contribution in [0.2, 0.25) is 0 Å². The molecule has 0 unspecified atom stereocenters. The molecule has 0 aromatic heterocycles. The number of amides is 1. The van der Waals surface area contributed by atoms with Gasteiger partial charge in [-0.2, -0.15) is 6.92 Å². The SMILES string of the molecule is [CH2-]C(=O)NN=[C-]C.[Y]. The summed E-state index contributed by atoms with van der Waals surface area (Å²) in [6, 6.07) is 0. The van der Waals surface area contributed by atoms with Gasteiger partial charge in [0.2, 0.25) is 0 Å². The summed E-state index contributed by atoms with van der Waals surface area (Å²) in [6.07, 6.45) is 2.35. The molecule has 0 aliphatic carbocycles. The maximum atomic E-state index is 9.85. The summed E-state index contributed by atoms with van der Waals surface area (Å²) in [6.45, 7) is 4.57. The molecule has 1 radical (unpaired) electrons. The van der Waals surface area contributed by atoms with Crippen LogP contribution in [0.3, 0.4) is 0 Å². The van der Waals surface area contributed by atoms with Gasteiger partial charge in [0.25, 0.3) is 0 Å². The second-order valence-electron chi connectivity index (χ2n) is 0.870. The topological polar surface area (TPSA) is 41.5 Å². The minimum Gasteiger partial charge on any atom is -0.400 e. The van der Waals surface area contributed by atoms with Crippen LogP contribution in [0.4, 0.5) is 0 Å². The number of rotatable bonds is 1. The Kier molecular flexibility index (Phi) is 9.77. The van der Waals surface area contributed by atoms with Gasteiger partial charge in [-0.05, 0) is 0 Å². The second kappa shape index (κ2) is 7.11. The second-order valence-corrected chi connectivity index (χ2v) is 0.870. The van der Waals surface area contributed by atoms with Gasteiger partial charge in [0.15, 0.2) is 0 Å². The van der Waals surface area contributed by atoms with Crippen LogP contribution in [0.5, 0.6) is 0 Å². The standard InChI is InChI=1S/C4H6N2O.Y/c1-3-5-6-4(2)7;/h2H2,1H3,(H,6,7);/q-2;. The predicted octanol–water partition coefficient (Wildman–Crippen LogP) is -0.183. The fraction of sp³-hybridized carbons (Fsp3) is 0.250. The zero-order valence-corrected chi connectivity index (χ0v) is 7.48. The Morgan fingerprint density at radius 3 is 2.50 bits per heavy atom. The molecule has 0 aliphatic heterocycles. The molecule has 0 heterocycles. The van der Waals surface area contributed by atoms with Gasteiger partial charge in [-0.1, -0.05) is 0 Å². The van der Waals surface area contributed by atoms with E-state index in [0.29, 0.717) is 0 Å². The molecule has 0 spiro atoms. The first-order valence-electron chi connectivity index (χ1n) is 1.75. The molecule has 0 aromatic carbocycles. The van der Waals surface area contributed by atoms with Crippen LogP contribution in [0, 0.1) is 6.92 Å². The summed E-state index contributed by atoms with van der Waals surface area (Å²) in [5, 5.41) is 3.26. The van der Waals surface area contributed by atoms with Crippen molar-refractivity contribution in [1.82, 2.24) is 5.43 Å². The first-order valence-corrected chi connectivity index (χ1v) is 1.75. The maximum Gasteiger partial charge on any atom is 0.0978 e. The quantitative estimate of drug-likeness (QED) is 0.345. The van der Waals surface area contributed by atoms with E-state index in [4.69, 9.17) is 0 Å². The summed E-state index contributed by atoms with van der Waals surface area (Å²) in [5.41, 5.74) is 2.06. The minimum atomic E-state index is -0.422. The largest absolute Gasteiger partial charge is 0.400 e. The molecule has 0 aliphatic rings. The Balaban J connectivity index is 0. The molecule has 4 heteroatoms. The molecular weight excluding hydrogens is 181 g/mol. The van der Waals surface area contributed by atoms with Gasteiger partial charge in [-0.3, -0.25) is 0 Å². The normalized spacial score (nSPS) is 8.12. The van der Waals surface area contributed by atoms with Crippen LogP contribution < -0.4 is 5.43 Å². The van der Waals surface area contributed by atoms with Crippen molar-refractivity contribution in [3.63, 3.8) is 0 Å². The number of hydrogen-bond donors (Lipinski definition) is 1. The van der Waals surface area contributed by atoms with Crippen molar-refractivity contribution in [2.45, 2.75) is 6.92 Å². The Bertz CT molecular complexity index is 92.0. The zero-order valence-electron chi connectivity index (χ0n) is 4.64. The average Bonchev–Trinajstić information content (AvgIpc) is 1.61. The van der Waals surface area contributed by atoms with E-state index >= 15 is 0 Å². The number of nitrogens with zero attached hydrogens (tertiary/aromatic N) is 1. The average molecular weight is 187 g/mol. The van der Waals surface area contributed by atoms with Gasteiger partial charge in [-0.15, -0.1) is 0 Å². The molecule has 0 bridgehead atoms. The van der Waals surface area contributed by atoms with Crippen molar-refractivity contribution >= 4 is 12.1 Å². The molecule has 0 fully saturated rings. The van der Waals surface area contributed by atoms with Gasteiger partial charge in [0.1, 0.15) is 0 Å². The number of carbonyl (C=O) groups excluding carboxylic acids is 1. The molecule has 0 rings (SSSR count). The molecule has 0 aromatic rings. The van der Waals surface area contributed by atoms with E-state index in [-0.39, 0.29) is 32.7 Å². The summed E-state index contributed by atoms with van der Waals surface area (Å²) in [4.78, 5) is 9.85. The predicted molar refractivity (Wildman–Crippen MR) is 26.6 cm³/mol. The first kappa shape index (κ1) is 11.0. The number of nitrogens with one attached hydrogen (secondary N) is 1. The third-order valence-electron chi connectivity index (χ3n) is 0.292. The summed E-state index contributed by atoms with van der Waals surface area (Å²) in [5.74, 6) is -0.422. The van der Waals surface area contributed by atoms with Gasteiger partial charge in [0, 0.05) is 32.7 Å². The van der Waals surface area contributed by atoms with Crippen molar-refractivity contribution in [3.05, 3.63) is 6.92 Å². The van der Waals surface area contributed by atoms with E-state index in [2.05, 4.69) is 23.7 Å². The van der Waals surface area contributed by atoms with E-state index in [1.807, 2.05) is 0 Å². The summed E-state index contributed by atoms with van der Waals surface area (Å²) < 4.78 is 0. The van der Waals surface area contributed by atoms with Crippen molar-refractivity contribution in [1.29, 1.82) is 0 Å². The van der Waals surface area contributed by atoms with Crippen LogP contribution >= 0.6 is 0 Å². The van der Waals surface area contributed by atoms with E-state index in [1.54, 1.807) is 6.92 Å². The molecular formula is C4H6N2OY-2. The summed E-state index contributed by atoms with van der Waals surface area (Å²) >= 11 is 0. The molecule has 1 N–H and O–H groups in total. The molecule has 0 atom stereocenters. The summed E-state index contributed by atoms with van der Waals surface area (Å²) in [7, 11) is 0. The van der Waals surface area contributed by atoms with Gasteiger partial charge in [0.05, 0.1) is 5.91 Å². The fourth-order valence-electron chi connectivity index (χ4n) is 0.118. The maximum absolute atomic E-state index is 9.85. The van der Waals surface area contributed by atoms with E-state index in [0.717, 1.165) is 0 Å². The van der Waals surface area contributed by atoms with Crippen LogP contribution in [0.1, 0.15) is 6.92 Å². The van der Waals surface area contributed by atoms with Crippen LogP contribution in [0.15, 0.2) is 5.10 Å². The minimum absolute atomic E-state index is 0. The van der Waals surface area contributed by atoms with Crippen LogP contribution in [-0.2, 0) is 37.5 Å². The third kappa shape index (κ3) is 9.45. The first-order chi connectivity index (χ1) is 3.27. The third-order valence-corrected chi connectivity index (χ3v) is 0.292. The Labute approximate surface area is 73.8 Å². The number of hydrazone groups is 1. The van der Waals surface area contributed by atoms with Gasteiger partial charge in [-0.25, -0.2) is 0 Å². The molecule has 3 nitrogen and oxygen atoms in total. The Morgan fingerprint density at radius 1 is 1.88 bits per heavy atom. The van der Waals surface area contributed by atoms with Gasteiger partial charge >= 0.3 is 0 Å². The Morgan fingerprint density at radius 2 is 2.38 bits per heavy atom. The van der Waals surface area contributed by atoms with Gasteiger partial charge < -0.3 is 28.5 Å². The van der Waals surface area contributed by atoms with E-state index in [1.165, 1.54) is 0 Å². The zero-order chi connectivity index (χ0) is 5.70. The monoisotopic (exact) mass is 187 g/mol. The smallest absolute Gasteiger partial charge is 0.0978 e. The van der Waals surface area contributed by atoms with Crippen molar-refractivity contribution in [3.8, 4) is 0 Å². The van der Waals surface area contributed by atoms with Crippen LogP contribution in [0.25, 0.3) is 0 Å². The van der Waals surface area contributed by atoms with E-state index in [9.17, 15) is 4.79 Å². The van der Waals surface area contributed by atoms with Crippen LogP contribution in [-0.4, -0.2) is 12.1 Å². The molecule has 0 saturated heterocycles. The van der Waals surface area contributed by atoms with Crippen molar-refractivity contribution in [2.24, 2.45) is 5.10 Å². The van der Waals surface area contributed by atoms with Crippen molar-refractivity contribution in [2.75, 3.05) is 0 Å². The Hall–Kier alpha value is 0.114. The molecule has 1 amide bonds. The fourth-order valence-corrected chi connectivity index (χ4v) is 0.118. The number of carbonyl (C=O) groups is 1. The number of hydrogen-bond acceptors (Lipinski definition) is 2.